The van der Waals surface area contributed by atoms with E-state index < -0.39 is 5.79 Å². The van der Waals surface area contributed by atoms with E-state index in [1.165, 1.54) is 16.7 Å². The summed E-state index contributed by atoms with van der Waals surface area (Å²) < 4.78 is 18.5. The molecule has 4 atom stereocenters. The van der Waals surface area contributed by atoms with E-state index in [9.17, 15) is 4.79 Å². The second kappa shape index (κ2) is 9.59. The lowest BCUT2D eigenvalue weighted by Crippen LogP contribution is -2.49. The Morgan fingerprint density at radius 1 is 1.20 bits per heavy atom. The van der Waals surface area contributed by atoms with Gasteiger partial charge in [-0.1, -0.05) is 28.9 Å². The van der Waals surface area contributed by atoms with E-state index >= 15 is 0 Å². The highest BCUT2D eigenvalue weighted by Gasteiger charge is 2.45. The minimum Gasteiger partial charge on any atom is -0.380 e. The van der Waals surface area contributed by atoms with Crippen LogP contribution in [0.3, 0.4) is 0 Å². The predicted molar refractivity (Wildman–Crippen MR) is 120 cm³/mol. The van der Waals surface area contributed by atoms with Crippen molar-refractivity contribution in [3.8, 4) is 0 Å². The van der Waals surface area contributed by atoms with Crippen LogP contribution in [0, 0.1) is 5.92 Å². The highest BCUT2D eigenvalue weighted by molar-refractivity contribution is 5.96. The third-order valence-corrected chi connectivity index (χ3v) is 6.02. The molecule has 3 aliphatic rings. The molecule has 0 bridgehead atoms. The molecule has 0 aromatic carbocycles. The number of Topliss-reactive ketones (excluding diaryl/α,β-unsaturated/α-hetero) is 1. The average Bonchev–Trinajstić information content (AvgIpc) is 2.62. The van der Waals surface area contributed by atoms with E-state index in [0.29, 0.717) is 13.0 Å². The van der Waals surface area contributed by atoms with Crippen molar-refractivity contribution < 1.29 is 19.0 Å². The summed E-state index contributed by atoms with van der Waals surface area (Å²) in [7, 11) is 1.69. The summed E-state index contributed by atoms with van der Waals surface area (Å²) in [6, 6.07) is 0. The Morgan fingerprint density at radius 3 is 2.67 bits per heavy atom. The quantitative estimate of drug-likeness (QED) is 0.531. The first-order valence-electron chi connectivity index (χ1n) is 11.0. The van der Waals surface area contributed by atoms with Crippen LogP contribution in [0.5, 0.6) is 0 Å². The Labute approximate surface area is 181 Å². The molecule has 0 amide bonds. The van der Waals surface area contributed by atoms with Crippen LogP contribution in [0.4, 0.5) is 0 Å². The fraction of sp³-hybridized carbons (Fsp3) is 0.577. The fourth-order valence-corrected chi connectivity index (χ4v) is 4.57. The Bertz CT molecular complexity index is 822. The molecular formula is C26H36O4. The molecule has 0 radical (unpaired) electrons. The first kappa shape index (κ1) is 22.9. The number of carbonyl (C=O) groups excluding carboxylic acids is 1. The maximum atomic E-state index is 12.3. The summed E-state index contributed by atoms with van der Waals surface area (Å²) >= 11 is 0. The number of rotatable bonds is 6. The molecule has 0 N–H and O–H groups in total. The topological polar surface area (TPSA) is 44.8 Å². The third kappa shape index (κ3) is 5.48. The van der Waals surface area contributed by atoms with Crippen molar-refractivity contribution in [2.45, 2.75) is 78.3 Å². The van der Waals surface area contributed by atoms with Crippen molar-refractivity contribution in [2.24, 2.45) is 5.92 Å². The molecule has 2 heterocycles. The Kier molecular flexibility index (Phi) is 7.33. The molecule has 0 unspecified atom stereocenters. The number of carbonyl (C=O) groups is 1. The molecule has 0 saturated heterocycles. The lowest BCUT2D eigenvalue weighted by Gasteiger charge is -2.45. The van der Waals surface area contributed by atoms with Gasteiger partial charge in [-0.3, -0.25) is 4.79 Å². The number of fused-ring (bicyclic) bond motifs is 1. The van der Waals surface area contributed by atoms with Gasteiger partial charge < -0.3 is 14.2 Å². The van der Waals surface area contributed by atoms with Gasteiger partial charge in [0.15, 0.2) is 5.78 Å². The summed E-state index contributed by atoms with van der Waals surface area (Å²) in [6.07, 6.45) is 13.8. The first-order valence-corrected chi connectivity index (χ1v) is 11.0. The number of ether oxygens (including phenoxy) is 3. The van der Waals surface area contributed by atoms with Crippen LogP contribution < -0.4 is 0 Å². The average molecular weight is 413 g/mol. The first-order chi connectivity index (χ1) is 14.2. The molecule has 4 heteroatoms. The van der Waals surface area contributed by atoms with Crippen molar-refractivity contribution in [1.29, 1.82) is 0 Å². The summed E-state index contributed by atoms with van der Waals surface area (Å²) in [5.41, 5.74) is 5.78. The molecule has 1 spiro atoms. The van der Waals surface area contributed by atoms with E-state index in [1.807, 2.05) is 19.1 Å². The highest BCUT2D eigenvalue weighted by atomic mass is 16.7. The SMILES string of the molecule is COCC1=C[C@@]2(C=C(C)C[C@H](/C=C(\C)CCC=C(C)C)O2)O[C@H]2C=C(C)C(=O)C[C@@H]12. The van der Waals surface area contributed by atoms with Crippen LogP contribution in [0.2, 0.25) is 0 Å². The molecule has 1 aliphatic carbocycles. The van der Waals surface area contributed by atoms with E-state index in [1.54, 1.807) is 7.11 Å². The molecule has 0 aromatic rings. The van der Waals surface area contributed by atoms with E-state index in [2.05, 4.69) is 45.9 Å². The maximum Gasteiger partial charge on any atom is 0.209 e. The van der Waals surface area contributed by atoms with Crippen molar-refractivity contribution in [3.63, 3.8) is 0 Å². The third-order valence-electron chi connectivity index (χ3n) is 6.02. The van der Waals surface area contributed by atoms with Gasteiger partial charge in [-0.2, -0.15) is 0 Å². The number of allylic oxidation sites excluding steroid dienone is 4. The van der Waals surface area contributed by atoms with E-state index in [0.717, 1.165) is 30.4 Å². The molecule has 164 valence electrons. The van der Waals surface area contributed by atoms with Crippen molar-refractivity contribution in [3.05, 3.63) is 58.2 Å². The molecule has 0 aromatic heterocycles. The predicted octanol–water partition coefficient (Wildman–Crippen LogP) is 5.62. The van der Waals surface area contributed by atoms with Gasteiger partial charge in [0.25, 0.3) is 0 Å². The monoisotopic (exact) mass is 412 g/mol. The van der Waals surface area contributed by atoms with Crippen molar-refractivity contribution in [1.82, 2.24) is 0 Å². The van der Waals surface area contributed by atoms with Crippen LogP contribution in [-0.2, 0) is 19.0 Å². The molecule has 3 rings (SSSR count). The standard InChI is InChI=1S/C26H36O4/c1-17(2)8-7-9-18(3)10-22-11-19(4)14-26(29-22)15-21(16-28-6)23-13-24(27)20(5)12-25(23)30-26/h8,10,12,14-15,22-23,25H,7,9,11,13,16H2,1-6H3/b18-10+/t22-,23-,25-,26+/m0/s1. The zero-order valence-electron chi connectivity index (χ0n) is 19.3. The lowest BCUT2D eigenvalue weighted by atomic mass is 9.79. The van der Waals surface area contributed by atoms with Gasteiger partial charge in [0.05, 0.1) is 18.8 Å². The zero-order chi connectivity index (χ0) is 21.9. The van der Waals surface area contributed by atoms with Crippen LogP contribution >= 0.6 is 0 Å². The largest absolute Gasteiger partial charge is 0.380 e. The Morgan fingerprint density at radius 2 is 1.97 bits per heavy atom. The van der Waals surface area contributed by atoms with Gasteiger partial charge in [0.1, 0.15) is 0 Å². The molecule has 2 aliphatic heterocycles. The van der Waals surface area contributed by atoms with Gasteiger partial charge in [0.2, 0.25) is 5.79 Å². The summed E-state index contributed by atoms with van der Waals surface area (Å²) in [5, 5.41) is 0. The number of ketones is 1. The van der Waals surface area contributed by atoms with Crippen molar-refractivity contribution >= 4 is 5.78 Å². The lowest BCUT2D eigenvalue weighted by molar-refractivity contribution is -0.225. The highest BCUT2D eigenvalue weighted by Crippen LogP contribution is 2.42. The van der Waals surface area contributed by atoms with Gasteiger partial charge in [-0.25, -0.2) is 0 Å². The summed E-state index contributed by atoms with van der Waals surface area (Å²) in [5.74, 6) is -0.705. The van der Waals surface area contributed by atoms with Crippen LogP contribution in [-0.4, -0.2) is 37.5 Å². The summed E-state index contributed by atoms with van der Waals surface area (Å²) in [6.45, 7) is 10.9. The molecular weight excluding hydrogens is 376 g/mol. The Hall–Kier alpha value is -1.75. The molecule has 0 saturated carbocycles. The van der Waals surface area contributed by atoms with Crippen LogP contribution in [0.25, 0.3) is 0 Å². The normalized spacial score (nSPS) is 31.7. The number of hydrogen-bond acceptors (Lipinski definition) is 4. The molecule has 30 heavy (non-hydrogen) atoms. The maximum absolute atomic E-state index is 12.3. The zero-order valence-corrected chi connectivity index (χ0v) is 19.3. The van der Waals surface area contributed by atoms with Gasteiger partial charge in [-0.05, 0) is 83.3 Å². The smallest absolute Gasteiger partial charge is 0.209 e. The van der Waals surface area contributed by atoms with Crippen molar-refractivity contribution in [2.75, 3.05) is 13.7 Å². The van der Waals surface area contributed by atoms with Crippen LogP contribution in [0.15, 0.2) is 58.2 Å². The van der Waals surface area contributed by atoms with E-state index in [-0.39, 0.29) is 23.9 Å². The second-order valence-corrected chi connectivity index (χ2v) is 9.22. The fourth-order valence-electron chi connectivity index (χ4n) is 4.57. The van der Waals surface area contributed by atoms with Gasteiger partial charge in [0, 0.05) is 19.4 Å². The number of methoxy groups -OCH3 is 1. The molecule has 4 nitrogen and oxygen atoms in total. The van der Waals surface area contributed by atoms with E-state index in [4.69, 9.17) is 14.2 Å². The minimum atomic E-state index is -0.907. The van der Waals surface area contributed by atoms with Gasteiger partial charge in [-0.15, -0.1) is 0 Å². The van der Waals surface area contributed by atoms with Crippen LogP contribution in [0.1, 0.15) is 60.3 Å². The minimum absolute atomic E-state index is 0.0193. The van der Waals surface area contributed by atoms with Gasteiger partial charge >= 0.3 is 0 Å². The Balaban J connectivity index is 1.85. The summed E-state index contributed by atoms with van der Waals surface area (Å²) in [4.78, 5) is 12.3. The second-order valence-electron chi connectivity index (χ2n) is 9.22. The molecule has 0 fully saturated rings. The number of hydrogen-bond donors (Lipinski definition) is 0.